The van der Waals surface area contributed by atoms with Crippen LogP contribution in [0.4, 0.5) is 5.69 Å². The fraction of sp³-hybridized carbons (Fsp3) is 0.357. The van der Waals surface area contributed by atoms with Gasteiger partial charge in [-0.05, 0) is 17.7 Å². The second kappa shape index (κ2) is 5.92. The second-order valence-corrected chi connectivity index (χ2v) is 5.14. The Morgan fingerprint density at radius 2 is 2.32 bits per heavy atom. The molecule has 8 heteroatoms. The maximum atomic E-state index is 11.9. The molecular formula is C14H17N5O3. The third-order valence-electron chi connectivity index (χ3n) is 3.49. The number of benzene rings is 1. The summed E-state index contributed by atoms with van der Waals surface area (Å²) in [5, 5.41) is 16.0. The van der Waals surface area contributed by atoms with Gasteiger partial charge in [-0.2, -0.15) is 0 Å². The third-order valence-corrected chi connectivity index (χ3v) is 3.49. The highest BCUT2D eigenvalue weighted by molar-refractivity contribution is 5.95. The average Bonchev–Trinajstić information content (AvgIpc) is 2.90. The average molecular weight is 303 g/mol. The lowest BCUT2D eigenvalue weighted by Crippen LogP contribution is -2.39. The Labute approximate surface area is 127 Å². The molecule has 1 fully saturated rings. The first-order valence-corrected chi connectivity index (χ1v) is 7.01. The number of fused-ring (bicyclic) bond motifs is 1. The van der Waals surface area contributed by atoms with Gasteiger partial charge in [0.25, 0.3) is 5.91 Å². The van der Waals surface area contributed by atoms with Crippen molar-refractivity contribution in [3.05, 3.63) is 23.8 Å². The van der Waals surface area contributed by atoms with E-state index in [0.717, 1.165) is 5.56 Å². The molecule has 3 rings (SSSR count). The Balaban J connectivity index is 1.55. The first-order valence-electron chi connectivity index (χ1n) is 7.01. The van der Waals surface area contributed by atoms with Crippen molar-refractivity contribution in [3.8, 4) is 5.75 Å². The molecule has 1 aromatic rings. The fourth-order valence-corrected chi connectivity index (χ4v) is 2.36. The number of anilines is 1. The lowest BCUT2D eigenvalue weighted by Gasteiger charge is -2.19. The minimum atomic E-state index is -0.186. The zero-order valence-electron chi connectivity index (χ0n) is 11.9. The zero-order valence-corrected chi connectivity index (χ0v) is 11.9. The molecule has 1 aromatic carbocycles. The summed E-state index contributed by atoms with van der Waals surface area (Å²) in [5.41, 5.74) is 1.49. The quantitative estimate of drug-likeness (QED) is 0.598. The molecule has 0 aromatic heterocycles. The Morgan fingerprint density at radius 3 is 3.09 bits per heavy atom. The zero-order chi connectivity index (χ0) is 15.5. The third kappa shape index (κ3) is 3.11. The number of guanidine groups is 1. The van der Waals surface area contributed by atoms with Gasteiger partial charge in [-0.15, -0.1) is 0 Å². The standard InChI is InChI=1S/C14H17N5O3/c15-14-16-3-4-19(14)7-12(20)17-6-9-1-2-11-10(5-9)18-13(21)8-22-11/h1-2,5H,3-4,6-8H2,(H2,15,16)(H,17,20)(H,18,21). The molecule has 0 saturated carbocycles. The highest BCUT2D eigenvalue weighted by Crippen LogP contribution is 2.28. The molecule has 2 aliphatic rings. The number of carbonyl (C=O) groups excluding carboxylic acids is 2. The minimum Gasteiger partial charge on any atom is -0.482 e. The van der Waals surface area contributed by atoms with Crippen molar-refractivity contribution >= 4 is 23.5 Å². The summed E-state index contributed by atoms with van der Waals surface area (Å²) >= 11 is 0. The van der Waals surface area contributed by atoms with Crippen LogP contribution in [0.1, 0.15) is 5.56 Å². The van der Waals surface area contributed by atoms with Crippen LogP contribution < -0.4 is 20.7 Å². The van der Waals surface area contributed by atoms with Gasteiger partial charge in [0.05, 0.1) is 12.2 Å². The number of ether oxygens (including phenoxy) is 1. The van der Waals surface area contributed by atoms with Gasteiger partial charge in [0, 0.05) is 19.6 Å². The molecule has 1 saturated heterocycles. The van der Waals surface area contributed by atoms with Gasteiger partial charge in [0.2, 0.25) is 5.91 Å². The maximum Gasteiger partial charge on any atom is 0.262 e. The van der Waals surface area contributed by atoms with Crippen molar-refractivity contribution in [3.63, 3.8) is 0 Å². The number of carbonyl (C=O) groups is 2. The number of hydrogen-bond donors (Lipinski definition) is 4. The van der Waals surface area contributed by atoms with Crippen LogP contribution in [-0.2, 0) is 16.1 Å². The van der Waals surface area contributed by atoms with Crippen molar-refractivity contribution < 1.29 is 14.3 Å². The van der Waals surface area contributed by atoms with Crippen LogP contribution in [0.25, 0.3) is 0 Å². The Bertz CT molecular complexity index is 631. The molecule has 2 heterocycles. The number of nitrogens with zero attached hydrogens (tertiary/aromatic N) is 1. The van der Waals surface area contributed by atoms with Crippen LogP contribution in [0.5, 0.6) is 5.75 Å². The van der Waals surface area contributed by atoms with E-state index in [1.165, 1.54) is 0 Å². The SMILES string of the molecule is N=C1NCCN1CC(=O)NCc1ccc2c(c1)NC(=O)CO2. The molecule has 22 heavy (non-hydrogen) atoms. The van der Waals surface area contributed by atoms with Crippen LogP contribution >= 0.6 is 0 Å². The van der Waals surface area contributed by atoms with Crippen LogP contribution in [0.3, 0.4) is 0 Å². The predicted molar refractivity (Wildman–Crippen MR) is 79.7 cm³/mol. The summed E-state index contributed by atoms with van der Waals surface area (Å²) in [6.07, 6.45) is 0. The number of hydrogen-bond acceptors (Lipinski definition) is 4. The van der Waals surface area contributed by atoms with E-state index >= 15 is 0 Å². The van der Waals surface area contributed by atoms with E-state index in [-0.39, 0.29) is 30.9 Å². The molecule has 116 valence electrons. The van der Waals surface area contributed by atoms with Crippen LogP contribution in [0, 0.1) is 5.41 Å². The Morgan fingerprint density at radius 1 is 1.45 bits per heavy atom. The molecule has 0 aliphatic carbocycles. The van der Waals surface area contributed by atoms with Gasteiger partial charge in [0.1, 0.15) is 5.75 Å². The van der Waals surface area contributed by atoms with E-state index in [9.17, 15) is 9.59 Å². The summed E-state index contributed by atoms with van der Waals surface area (Å²) in [4.78, 5) is 24.9. The smallest absolute Gasteiger partial charge is 0.262 e. The highest BCUT2D eigenvalue weighted by Gasteiger charge is 2.19. The highest BCUT2D eigenvalue weighted by atomic mass is 16.5. The first-order chi connectivity index (χ1) is 10.6. The Kier molecular flexibility index (Phi) is 3.82. The molecule has 8 nitrogen and oxygen atoms in total. The topological polar surface area (TPSA) is 107 Å². The minimum absolute atomic E-state index is 0.0267. The van der Waals surface area contributed by atoms with Gasteiger partial charge in [-0.1, -0.05) is 6.07 Å². The van der Waals surface area contributed by atoms with Crippen molar-refractivity contribution in [2.24, 2.45) is 0 Å². The summed E-state index contributed by atoms with van der Waals surface area (Å²) in [6, 6.07) is 5.40. The van der Waals surface area contributed by atoms with E-state index in [1.807, 2.05) is 6.07 Å². The van der Waals surface area contributed by atoms with Crippen LogP contribution in [0.2, 0.25) is 0 Å². The molecule has 0 bridgehead atoms. The van der Waals surface area contributed by atoms with Crippen LogP contribution in [-0.4, -0.2) is 48.9 Å². The summed E-state index contributed by atoms with van der Waals surface area (Å²) in [6.45, 7) is 1.90. The summed E-state index contributed by atoms with van der Waals surface area (Å²) in [7, 11) is 0. The Hall–Kier alpha value is -2.77. The number of amides is 2. The van der Waals surface area contributed by atoms with Gasteiger partial charge in [-0.25, -0.2) is 0 Å². The van der Waals surface area contributed by atoms with E-state index in [0.29, 0.717) is 31.1 Å². The maximum absolute atomic E-state index is 11.9. The molecule has 0 radical (unpaired) electrons. The molecule has 4 N–H and O–H groups in total. The molecular weight excluding hydrogens is 286 g/mol. The first kappa shape index (κ1) is 14.2. The molecule has 0 unspecified atom stereocenters. The molecule has 2 aliphatic heterocycles. The van der Waals surface area contributed by atoms with Gasteiger partial charge in [0.15, 0.2) is 12.6 Å². The van der Waals surface area contributed by atoms with Crippen molar-refractivity contribution in [2.45, 2.75) is 6.54 Å². The number of rotatable bonds is 4. The lowest BCUT2D eigenvalue weighted by molar-refractivity contribution is -0.121. The van der Waals surface area contributed by atoms with Gasteiger partial charge in [-0.3, -0.25) is 15.0 Å². The summed E-state index contributed by atoms with van der Waals surface area (Å²) in [5.74, 6) is 0.579. The van der Waals surface area contributed by atoms with E-state index in [1.54, 1.807) is 17.0 Å². The van der Waals surface area contributed by atoms with E-state index in [2.05, 4.69) is 16.0 Å². The molecule has 0 spiro atoms. The van der Waals surface area contributed by atoms with Crippen molar-refractivity contribution in [1.29, 1.82) is 5.41 Å². The molecule has 2 amide bonds. The number of nitrogens with one attached hydrogen (secondary N) is 4. The van der Waals surface area contributed by atoms with Crippen molar-refractivity contribution in [2.75, 3.05) is 31.6 Å². The normalized spacial score (nSPS) is 16.5. The largest absolute Gasteiger partial charge is 0.482 e. The van der Waals surface area contributed by atoms with Gasteiger partial charge < -0.3 is 25.6 Å². The van der Waals surface area contributed by atoms with Gasteiger partial charge >= 0.3 is 0 Å². The fourth-order valence-electron chi connectivity index (χ4n) is 2.36. The predicted octanol–water partition coefficient (Wildman–Crippen LogP) is -0.526. The van der Waals surface area contributed by atoms with E-state index in [4.69, 9.17) is 10.1 Å². The van der Waals surface area contributed by atoms with Crippen molar-refractivity contribution in [1.82, 2.24) is 15.5 Å². The second-order valence-electron chi connectivity index (χ2n) is 5.14. The monoisotopic (exact) mass is 303 g/mol. The summed E-state index contributed by atoms with van der Waals surface area (Å²) < 4.78 is 5.28. The van der Waals surface area contributed by atoms with Crippen LogP contribution in [0.15, 0.2) is 18.2 Å². The lowest BCUT2D eigenvalue weighted by atomic mass is 10.1. The van der Waals surface area contributed by atoms with E-state index < -0.39 is 0 Å². The molecule has 0 atom stereocenters.